The zero-order chi connectivity index (χ0) is 24.1. The molecule has 178 valence electrons. The number of hydrogen-bond acceptors (Lipinski definition) is 6. The Bertz CT molecular complexity index is 1350. The van der Waals surface area contributed by atoms with Gasteiger partial charge in [-0.2, -0.15) is 5.10 Å². The van der Waals surface area contributed by atoms with Crippen LogP contribution in [0.1, 0.15) is 35.5 Å². The number of carboxylic acid groups (broad SMARTS) is 1. The number of rotatable bonds is 5. The van der Waals surface area contributed by atoms with Crippen LogP contribution < -0.4 is 0 Å². The van der Waals surface area contributed by atoms with Gasteiger partial charge in [0, 0.05) is 36.2 Å². The van der Waals surface area contributed by atoms with Crippen LogP contribution in [0.5, 0.6) is 0 Å². The van der Waals surface area contributed by atoms with Gasteiger partial charge in [-0.15, -0.1) is 0 Å². The quantitative estimate of drug-likeness (QED) is 0.597. The first kappa shape index (κ1) is 22.8. The largest absolute Gasteiger partial charge is 0.476 e. The van der Waals surface area contributed by atoms with Crippen LogP contribution in [0.2, 0.25) is 0 Å². The van der Waals surface area contributed by atoms with Crippen molar-refractivity contribution >= 4 is 15.8 Å². The van der Waals surface area contributed by atoms with Crippen LogP contribution in [0.15, 0.2) is 53.4 Å². The summed E-state index contributed by atoms with van der Waals surface area (Å²) < 4.78 is 32.7. The summed E-state index contributed by atoms with van der Waals surface area (Å²) in [5, 5.41) is 14.1. The van der Waals surface area contributed by atoms with Crippen LogP contribution in [0.3, 0.4) is 0 Å². The summed E-state index contributed by atoms with van der Waals surface area (Å²) in [7, 11) is -3.65. The van der Waals surface area contributed by atoms with Gasteiger partial charge in [0.05, 0.1) is 35.2 Å². The highest BCUT2D eigenvalue weighted by Gasteiger charge is 2.36. The fourth-order valence-corrected chi connectivity index (χ4v) is 6.48. The van der Waals surface area contributed by atoms with Crippen molar-refractivity contribution in [2.75, 3.05) is 32.8 Å². The summed E-state index contributed by atoms with van der Waals surface area (Å²) in [4.78, 5) is 14.5. The first-order valence-electron chi connectivity index (χ1n) is 11.3. The third-order valence-electron chi connectivity index (χ3n) is 6.61. The number of hydrogen-bond donors (Lipinski definition) is 1. The highest BCUT2D eigenvalue weighted by atomic mass is 32.2. The minimum atomic E-state index is -3.65. The number of carbonyl (C=O) groups is 1. The Kier molecular flexibility index (Phi) is 5.58. The summed E-state index contributed by atoms with van der Waals surface area (Å²) in [5.41, 5.74) is 2.73. The lowest BCUT2D eigenvalue weighted by molar-refractivity contribution is 0.0295. The highest BCUT2D eigenvalue weighted by molar-refractivity contribution is 7.90. The number of benzene rings is 2. The minimum Gasteiger partial charge on any atom is -0.476 e. The number of ether oxygens (including phenoxy) is 1. The fraction of sp³-hybridized carbons (Fsp3) is 0.360. The van der Waals surface area contributed by atoms with Gasteiger partial charge in [0.2, 0.25) is 0 Å². The van der Waals surface area contributed by atoms with E-state index in [9.17, 15) is 18.3 Å². The maximum Gasteiger partial charge on any atom is 0.356 e. The van der Waals surface area contributed by atoms with Crippen LogP contribution in [0.25, 0.3) is 16.9 Å². The Morgan fingerprint density at radius 1 is 1.09 bits per heavy atom. The van der Waals surface area contributed by atoms with Crippen molar-refractivity contribution < 1.29 is 23.1 Å². The molecule has 34 heavy (non-hydrogen) atoms. The third kappa shape index (κ3) is 3.93. The molecule has 0 unspecified atom stereocenters. The van der Waals surface area contributed by atoms with Crippen molar-refractivity contribution in [1.29, 1.82) is 0 Å². The van der Waals surface area contributed by atoms with Crippen LogP contribution in [-0.4, -0.2) is 67.0 Å². The standard InChI is InChI=1S/C25H27N3O5S/c1-25(2,16-27-11-13-33-14-12-27)17-7-9-18(10-8-17)28-23-19-5-3-4-6-21(19)34(31,32)15-20(23)22(26-28)24(29)30/h3-10H,11-16H2,1-2H3,(H,29,30). The molecule has 0 spiro atoms. The average molecular weight is 482 g/mol. The van der Waals surface area contributed by atoms with E-state index in [1.54, 1.807) is 28.9 Å². The van der Waals surface area contributed by atoms with Crippen molar-refractivity contribution in [3.8, 4) is 16.9 Å². The van der Waals surface area contributed by atoms with Gasteiger partial charge in [0.15, 0.2) is 15.5 Å². The second-order valence-electron chi connectivity index (χ2n) is 9.47. The Morgan fingerprint density at radius 3 is 2.44 bits per heavy atom. The molecular weight excluding hydrogens is 454 g/mol. The fourth-order valence-electron chi connectivity index (χ4n) is 4.89. The Hall–Kier alpha value is -3.01. The number of nitrogens with zero attached hydrogens (tertiary/aromatic N) is 3. The number of morpholine rings is 1. The molecule has 0 atom stereocenters. The molecular formula is C25H27N3O5S. The lowest BCUT2D eigenvalue weighted by Crippen LogP contribution is -2.43. The highest BCUT2D eigenvalue weighted by Crippen LogP contribution is 2.40. The lowest BCUT2D eigenvalue weighted by atomic mass is 9.84. The van der Waals surface area contributed by atoms with Crippen molar-refractivity contribution in [2.24, 2.45) is 0 Å². The number of carboxylic acids is 1. The van der Waals surface area contributed by atoms with Crippen molar-refractivity contribution in [2.45, 2.75) is 29.9 Å². The maximum absolute atomic E-state index is 12.8. The zero-order valence-electron chi connectivity index (χ0n) is 19.2. The van der Waals surface area contributed by atoms with Gasteiger partial charge in [0.1, 0.15) is 0 Å². The average Bonchev–Trinajstić information content (AvgIpc) is 3.19. The molecule has 5 rings (SSSR count). The Balaban J connectivity index is 1.55. The van der Waals surface area contributed by atoms with Crippen LogP contribution in [0, 0.1) is 0 Å². The molecule has 0 saturated carbocycles. The number of sulfone groups is 1. The van der Waals surface area contributed by atoms with E-state index in [4.69, 9.17) is 4.74 Å². The van der Waals surface area contributed by atoms with Crippen molar-refractivity contribution in [3.63, 3.8) is 0 Å². The molecule has 0 aliphatic carbocycles. The van der Waals surface area contributed by atoms with Gasteiger partial charge in [-0.3, -0.25) is 4.90 Å². The van der Waals surface area contributed by atoms with Gasteiger partial charge < -0.3 is 9.84 Å². The number of aromatic carboxylic acids is 1. The molecule has 1 N–H and O–H groups in total. The van der Waals surface area contributed by atoms with Gasteiger partial charge in [-0.1, -0.05) is 44.2 Å². The van der Waals surface area contributed by atoms with Gasteiger partial charge in [-0.25, -0.2) is 17.9 Å². The van der Waals surface area contributed by atoms with E-state index in [0.29, 0.717) is 16.9 Å². The molecule has 2 aliphatic rings. The van der Waals surface area contributed by atoms with Crippen LogP contribution >= 0.6 is 0 Å². The second-order valence-corrected chi connectivity index (χ2v) is 11.4. The first-order chi connectivity index (χ1) is 16.2. The summed E-state index contributed by atoms with van der Waals surface area (Å²) in [5.74, 6) is -1.63. The monoisotopic (exact) mass is 481 g/mol. The van der Waals surface area contributed by atoms with E-state index in [-0.39, 0.29) is 27.3 Å². The SMILES string of the molecule is CC(C)(CN1CCOCC1)c1ccc(-n2nc(C(=O)O)c3c2-c2ccccc2S(=O)(=O)C3)cc1. The summed E-state index contributed by atoms with van der Waals surface area (Å²) in [6, 6.07) is 14.6. The van der Waals surface area contributed by atoms with Gasteiger partial charge in [-0.05, 0) is 23.8 Å². The first-order valence-corrected chi connectivity index (χ1v) is 12.9. The molecule has 2 aliphatic heterocycles. The van der Waals surface area contributed by atoms with Crippen LogP contribution in [-0.2, 0) is 25.7 Å². The Labute approximate surface area is 198 Å². The maximum atomic E-state index is 12.8. The smallest absolute Gasteiger partial charge is 0.356 e. The van der Waals surface area contributed by atoms with E-state index < -0.39 is 15.8 Å². The molecule has 8 nitrogen and oxygen atoms in total. The van der Waals surface area contributed by atoms with Crippen LogP contribution in [0.4, 0.5) is 0 Å². The van der Waals surface area contributed by atoms with Gasteiger partial charge >= 0.3 is 5.97 Å². The molecule has 0 bridgehead atoms. The molecule has 1 saturated heterocycles. The zero-order valence-corrected chi connectivity index (χ0v) is 20.0. The van der Waals surface area contributed by atoms with Gasteiger partial charge in [0.25, 0.3) is 0 Å². The summed E-state index contributed by atoms with van der Waals surface area (Å²) in [6.45, 7) is 8.66. The topological polar surface area (TPSA) is 102 Å². The predicted molar refractivity (Wildman–Crippen MR) is 127 cm³/mol. The molecule has 9 heteroatoms. The molecule has 3 aromatic rings. The lowest BCUT2D eigenvalue weighted by Gasteiger charge is -2.35. The predicted octanol–water partition coefficient (Wildman–Crippen LogP) is 3.13. The normalized spacial score (nSPS) is 17.7. The van der Waals surface area contributed by atoms with E-state index in [0.717, 1.165) is 38.4 Å². The van der Waals surface area contributed by atoms with E-state index in [2.05, 4.69) is 23.8 Å². The molecule has 2 aromatic carbocycles. The van der Waals surface area contributed by atoms with E-state index >= 15 is 0 Å². The second kappa shape index (κ2) is 8.33. The van der Waals surface area contributed by atoms with Crippen molar-refractivity contribution in [3.05, 3.63) is 65.4 Å². The molecule has 3 heterocycles. The van der Waals surface area contributed by atoms with E-state index in [1.807, 2.05) is 24.3 Å². The van der Waals surface area contributed by atoms with Crippen molar-refractivity contribution in [1.82, 2.24) is 14.7 Å². The number of aromatic nitrogens is 2. The minimum absolute atomic E-state index is 0.0910. The molecule has 0 amide bonds. The molecule has 1 aromatic heterocycles. The van der Waals surface area contributed by atoms with E-state index in [1.165, 1.54) is 0 Å². The molecule has 0 radical (unpaired) electrons. The number of fused-ring (bicyclic) bond motifs is 3. The summed E-state index contributed by atoms with van der Waals surface area (Å²) in [6.07, 6.45) is 0. The Morgan fingerprint density at radius 2 is 1.76 bits per heavy atom. The molecule has 1 fully saturated rings. The summed E-state index contributed by atoms with van der Waals surface area (Å²) >= 11 is 0. The third-order valence-corrected chi connectivity index (χ3v) is 8.31.